The molecule has 0 bridgehead atoms. The van der Waals surface area contributed by atoms with E-state index in [4.69, 9.17) is 5.73 Å². The first kappa shape index (κ1) is 36.7. The van der Waals surface area contributed by atoms with Gasteiger partial charge >= 0.3 is 63.7 Å². The number of halogens is 12. The molecule has 0 aliphatic rings. The smallest absolute Gasteiger partial charge is 1.00 e. The monoisotopic (exact) mass is 1020 g/mol. The maximum Gasteiger partial charge on any atom is 1.00 e. The van der Waals surface area contributed by atoms with E-state index >= 15 is 0 Å². The third-order valence-electron chi connectivity index (χ3n) is 4.26. The number of nitrogens with two attached hydrogens (primary N) is 1. The molecule has 2 heterocycles. The SMILES string of the molecule is Fc1ccc(-n2nc(C(F)(F)F)cc2I)c(I)c1.Nc1cc(C(F)(F)F)nn1-c1ccc(F)cc1I.[I-].[K+]. The minimum absolute atomic E-state index is 0. The fourth-order valence-corrected chi connectivity index (χ4v) is 4.77. The van der Waals surface area contributed by atoms with Gasteiger partial charge in [-0.05, 0) is 104 Å². The number of hydrogen-bond acceptors (Lipinski definition) is 3. The van der Waals surface area contributed by atoms with E-state index in [1.165, 1.54) is 30.3 Å². The molecule has 0 saturated heterocycles. The molecule has 0 spiro atoms. The van der Waals surface area contributed by atoms with Crippen molar-refractivity contribution in [2.24, 2.45) is 0 Å². The van der Waals surface area contributed by atoms with Gasteiger partial charge in [-0.2, -0.15) is 36.5 Å². The molecule has 18 heteroatoms. The molecule has 0 amide bonds. The molecule has 200 valence electrons. The Bertz CT molecular complexity index is 1300. The second-order valence-electron chi connectivity index (χ2n) is 6.82. The quantitative estimate of drug-likeness (QED) is 0.188. The second kappa shape index (κ2) is 14.7. The molecule has 5 nitrogen and oxygen atoms in total. The molecule has 2 aromatic carbocycles. The first-order chi connectivity index (χ1) is 16.6. The number of rotatable bonds is 2. The summed E-state index contributed by atoms with van der Waals surface area (Å²) >= 11 is 5.40. The molecule has 2 aromatic heterocycles. The molecule has 0 unspecified atom stereocenters. The minimum atomic E-state index is -4.56. The van der Waals surface area contributed by atoms with E-state index < -0.39 is 35.4 Å². The third-order valence-corrected chi connectivity index (χ3v) is 6.76. The number of hydrogen-bond donors (Lipinski definition) is 1. The molecule has 0 radical (unpaired) electrons. The summed E-state index contributed by atoms with van der Waals surface area (Å²) < 4.78 is 104. The third kappa shape index (κ3) is 9.34. The Morgan fingerprint density at radius 2 is 1.05 bits per heavy atom. The van der Waals surface area contributed by atoms with Gasteiger partial charge in [-0.1, -0.05) is 0 Å². The number of nitrogen functional groups attached to an aromatic ring is 1. The number of aromatic nitrogens is 4. The second-order valence-corrected chi connectivity index (χ2v) is 10.2. The number of benzene rings is 2. The molecular weight excluding hydrogens is 1010 g/mol. The number of nitrogens with zero attached hydrogens (tertiary/aromatic N) is 4. The van der Waals surface area contributed by atoms with Crippen LogP contribution in [0.2, 0.25) is 0 Å². The van der Waals surface area contributed by atoms with Gasteiger partial charge in [0.2, 0.25) is 0 Å². The van der Waals surface area contributed by atoms with Crippen LogP contribution < -0.4 is 81.1 Å². The molecule has 2 N–H and O–H groups in total. The van der Waals surface area contributed by atoms with Crippen LogP contribution in [0.3, 0.4) is 0 Å². The first-order valence-corrected chi connectivity index (χ1v) is 12.5. The molecule has 4 rings (SSSR count). The van der Waals surface area contributed by atoms with Gasteiger partial charge in [-0.25, -0.2) is 18.1 Å². The van der Waals surface area contributed by atoms with Gasteiger partial charge in [-0.15, -0.1) is 0 Å². The molecule has 0 atom stereocenters. The van der Waals surface area contributed by atoms with Crippen LogP contribution in [0.15, 0.2) is 48.5 Å². The van der Waals surface area contributed by atoms with E-state index in [2.05, 4.69) is 10.2 Å². The Morgan fingerprint density at radius 1 is 0.658 bits per heavy atom. The molecule has 0 aliphatic heterocycles. The Balaban J connectivity index is 0.000000361. The van der Waals surface area contributed by atoms with Crippen LogP contribution in [0, 0.1) is 22.5 Å². The predicted molar refractivity (Wildman–Crippen MR) is 140 cm³/mol. The van der Waals surface area contributed by atoms with Crippen molar-refractivity contribution < 1.29 is 110 Å². The summed E-state index contributed by atoms with van der Waals surface area (Å²) in [4.78, 5) is 0. The maximum atomic E-state index is 12.9. The van der Waals surface area contributed by atoms with Gasteiger partial charge in [0, 0.05) is 19.3 Å². The molecule has 0 saturated carbocycles. The van der Waals surface area contributed by atoms with Crippen molar-refractivity contribution in [3.63, 3.8) is 0 Å². The molecule has 0 aliphatic carbocycles. The zero-order valence-corrected chi connectivity index (χ0v) is 30.3. The van der Waals surface area contributed by atoms with Crippen LogP contribution in [0.1, 0.15) is 11.4 Å². The Hall–Kier alpha value is 0.656. The van der Waals surface area contributed by atoms with Crippen LogP contribution in [-0.4, -0.2) is 19.6 Å². The predicted octanol–water partition coefficient (Wildman–Crippen LogP) is 1.46. The maximum absolute atomic E-state index is 12.9. The van der Waals surface area contributed by atoms with E-state index in [0.29, 0.717) is 22.2 Å². The van der Waals surface area contributed by atoms with Crippen molar-refractivity contribution in [3.8, 4) is 11.4 Å². The largest absolute Gasteiger partial charge is 1.00 e. The van der Waals surface area contributed by atoms with Crippen molar-refractivity contribution >= 4 is 73.6 Å². The van der Waals surface area contributed by atoms with Crippen LogP contribution in [-0.2, 0) is 12.4 Å². The summed E-state index contributed by atoms with van der Waals surface area (Å²) in [6, 6.07) is 9.13. The molecule has 0 fully saturated rings. The van der Waals surface area contributed by atoms with E-state index in [0.717, 1.165) is 27.6 Å². The molecular formula is C20H10F8I4KN5. The number of alkyl halides is 6. The van der Waals surface area contributed by atoms with Crippen molar-refractivity contribution in [2.45, 2.75) is 12.4 Å². The minimum Gasteiger partial charge on any atom is -1.00 e. The van der Waals surface area contributed by atoms with Crippen molar-refractivity contribution in [1.82, 2.24) is 19.6 Å². The number of anilines is 1. The normalized spacial score (nSPS) is 11.2. The van der Waals surface area contributed by atoms with Crippen molar-refractivity contribution in [3.05, 3.63) is 82.4 Å². The Labute approximate surface area is 310 Å². The summed E-state index contributed by atoms with van der Waals surface area (Å²) in [5.41, 5.74) is 4.14. The van der Waals surface area contributed by atoms with E-state index in [-0.39, 0.29) is 81.2 Å². The van der Waals surface area contributed by atoms with E-state index in [1.807, 2.05) is 22.6 Å². The van der Waals surface area contributed by atoms with Crippen molar-refractivity contribution in [2.75, 3.05) is 5.73 Å². The topological polar surface area (TPSA) is 61.7 Å². The zero-order chi connectivity index (χ0) is 27.0. The average Bonchev–Trinajstić information content (AvgIpc) is 3.32. The fraction of sp³-hybridized carbons (Fsp3) is 0.100. The van der Waals surface area contributed by atoms with Gasteiger partial charge < -0.3 is 29.7 Å². The summed E-state index contributed by atoms with van der Waals surface area (Å²) in [5, 5.41) is 6.88. The fourth-order valence-electron chi connectivity index (χ4n) is 2.70. The van der Waals surface area contributed by atoms with E-state index in [9.17, 15) is 35.1 Å². The Morgan fingerprint density at radius 3 is 1.42 bits per heavy atom. The average molecular weight is 1020 g/mol. The molecule has 38 heavy (non-hydrogen) atoms. The summed E-state index contributed by atoms with van der Waals surface area (Å²) in [7, 11) is 0. The summed E-state index contributed by atoms with van der Waals surface area (Å²) in [6.07, 6.45) is -9.05. The first-order valence-electron chi connectivity index (χ1n) is 9.24. The zero-order valence-electron chi connectivity index (χ0n) is 18.5. The van der Waals surface area contributed by atoms with Gasteiger partial charge in [0.1, 0.15) is 21.2 Å². The van der Waals surface area contributed by atoms with Crippen molar-refractivity contribution in [1.29, 1.82) is 0 Å². The van der Waals surface area contributed by atoms with Crippen LogP contribution in [0.4, 0.5) is 40.9 Å². The summed E-state index contributed by atoms with van der Waals surface area (Å²) in [5.74, 6) is -1.09. The van der Waals surface area contributed by atoms with Crippen LogP contribution in [0.25, 0.3) is 11.4 Å². The van der Waals surface area contributed by atoms with Crippen LogP contribution in [0.5, 0.6) is 0 Å². The standard InChI is InChI=1S/C10H4F4I2N2.C10H6F4IN3.HI.K/c2*11-5-1-2-7(6(15)3-5)18-9(16)4-8(17-18)10(12,13)14;;/h1-4H;1-4H,16H2;1H;/q;;;+1/p-1. The van der Waals surface area contributed by atoms with Gasteiger partial charge in [0.25, 0.3) is 0 Å². The Kier molecular flexibility index (Phi) is 14.2. The summed E-state index contributed by atoms with van der Waals surface area (Å²) in [6.45, 7) is 0. The van der Waals surface area contributed by atoms with Gasteiger partial charge in [-0.3, -0.25) is 0 Å². The van der Waals surface area contributed by atoms with E-state index in [1.54, 1.807) is 45.2 Å². The van der Waals surface area contributed by atoms with Gasteiger partial charge in [0.05, 0.1) is 11.4 Å². The van der Waals surface area contributed by atoms with Gasteiger partial charge in [0.15, 0.2) is 11.4 Å². The molecule has 4 aromatic rings. The van der Waals surface area contributed by atoms with Crippen LogP contribution >= 0.6 is 67.8 Å².